The molecule has 0 saturated carbocycles. The average molecular weight is 367 g/mol. The van der Waals surface area contributed by atoms with Crippen LogP contribution in [0.5, 0.6) is 0 Å². The summed E-state index contributed by atoms with van der Waals surface area (Å²) in [7, 11) is 0. The summed E-state index contributed by atoms with van der Waals surface area (Å²) in [5.41, 5.74) is 0.971. The van der Waals surface area contributed by atoms with E-state index >= 15 is 0 Å². The first kappa shape index (κ1) is 17.2. The quantitative estimate of drug-likeness (QED) is 0.767. The number of aryl methyl sites for hydroxylation is 1. The molecule has 1 amide bonds. The van der Waals surface area contributed by atoms with Gasteiger partial charge < -0.3 is 5.32 Å². The molecular weight excluding hydrogens is 355 g/mol. The zero-order valence-corrected chi connectivity index (χ0v) is 13.8. The number of carbonyl (C=O) groups excluding carboxylic acids is 1. The van der Waals surface area contributed by atoms with Crippen molar-refractivity contribution in [2.24, 2.45) is 0 Å². The van der Waals surface area contributed by atoms with Gasteiger partial charge in [0.05, 0.1) is 11.7 Å². The standard InChI is InChI=1S/C15H12F3N5OS/c1-8-6-12(15(16,17)18)21-13(20-8)4-5-19-14(24)9-2-3-10-11(7-9)23-25-22-10/h2-3,6-7H,4-5H2,1H3,(H,19,24). The van der Waals surface area contributed by atoms with Gasteiger partial charge in [-0.3, -0.25) is 4.79 Å². The number of hydrogen-bond donors (Lipinski definition) is 1. The maximum Gasteiger partial charge on any atom is 0.433 e. The van der Waals surface area contributed by atoms with Crippen molar-refractivity contribution >= 4 is 28.7 Å². The van der Waals surface area contributed by atoms with Gasteiger partial charge in [0.2, 0.25) is 0 Å². The lowest BCUT2D eigenvalue weighted by Gasteiger charge is -2.09. The van der Waals surface area contributed by atoms with Crippen LogP contribution in [0.3, 0.4) is 0 Å². The van der Waals surface area contributed by atoms with Crippen molar-refractivity contribution in [1.29, 1.82) is 0 Å². The van der Waals surface area contributed by atoms with E-state index in [1.165, 1.54) is 6.92 Å². The normalized spacial score (nSPS) is 11.7. The Balaban J connectivity index is 1.64. The minimum Gasteiger partial charge on any atom is -0.352 e. The summed E-state index contributed by atoms with van der Waals surface area (Å²) in [6.07, 6.45) is -4.43. The van der Waals surface area contributed by atoms with Gasteiger partial charge in [-0.1, -0.05) is 0 Å². The number of alkyl halides is 3. The van der Waals surface area contributed by atoms with Crippen LogP contribution in [-0.4, -0.2) is 31.2 Å². The minimum absolute atomic E-state index is 0.0341. The van der Waals surface area contributed by atoms with Crippen molar-refractivity contribution in [2.75, 3.05) is 6.54 Å². The second kappa shape index (κ2) is 6.71. The van der Waals surface area contributed by atoms with Crippen LogP contribution in [0.1, 0.15) is 27.6 Å². The smallest absolute Gasteiger partial charge is 0.352 e. The van der Waals surface area contributed by atoms with Gasteiger partial charge in [0.25, 0.3) is 5.91 Å². The van der Waals surface area contributed by atoms with E-state index in [-0.39, 0.29) is 30.4 Å². The van der Waals surface area contributed by atoms with E-state index in [9.17, 15) is 18.0 Å². The first-order valence-electron chi connectivity index (χ1n) is 7.25. The van der Waals surface area contributed by atoms with Crippen molar-refractivity contribution in [1.82, 2.24) is 24.0 Å². The Morgan fingerprint density at radius 3 is 2.68 bits per heavy atom. The highest BCUT2D eigenvalue weighted by atomic mass is 32.1. The van der Waals surface area contributed by atoms with E-state index in [0.29, 0.717) is 16.6 Å². The van der Waals surface area contributed by atoms with E-state index in [2.05, 4.69) is 24.0 Å². The molecule has 2 heterocycles. The Bertz CT molecular complexity index is 925. The molecule has 1 N–H and O–H groups in total. The van der Waals surface area contributed by atoms with Gasteiger partial charge in [0.1, 0.15) is 22.6 Å². The molecule has 0 unspecified atom stereocenters. The Kier molecular flexibility index (Phi) is 4.62. The van der Waals surface area contributed by atoms with Gasteiger partial charge in [-0.05, 0) is 31.2 Å². The molecule has 0 saturated heterocycles. The van der Waals surface area contributed by atoms with Gasteiger partial charge in [0, 0.05) is 24.2 Å². The first-order valence-corrected chi connectivity index (χ1v) is 7.98. The van der Waals surface area contributed by atoms with Gasteiger partial charge in [-0.25, -0.2) is 9.97 Å². The van der Waals surface area contributed by atoms with Crippen LogP contribution in [-0.2, 0) is 12.6 Å². The third-order valence-corrected chi connectivity index (χ3v) is 3.90. The zero-order chi connectivity index (χ0) is 18.0. The summed E-state index contributed by atoms with van der Waals surface area (Å²) in [4.78, 5) is 19.6. The number of nitrogens with zero attached hydrogens (tertiary/aromatic N) is 4. The SMILES string of the molecule is Cc1cc(C(F)(F)F)nc(CCNC(=O)c2ccc3nsnc3c2)n1. The largest absolute Gasteiger partial charge is 0.433 e. The fourth-order valence-electron chi connectivity index (χ4n) is 2.20. The molecule has 1 aromatic carbocycles. The predicted molar refractivity (Wildman–Crippen MR) is 85.2 cm³/mol. The molecule has 25 heavy (non-hydrogen) atoms. The molecular formula is C15H12F3N5OS. The number of halogens is 3. The predicted octanol–water partition coefficient (Wildman–Crippen LogP) is 2.78. The molecule has 0 spiro atoms. The molecule has 6 nitrogen and oxygen atoms in total. The summed E-state index contributed by atoms with van der Waals surface area (Å²) in [6.45, 7) is 1.59. The van der Waals surface area contributed by atoms with Crippen molar-refractivity contribution in [3.05, 3.63) is 47.0 Å². The molecule has 0 fully saturated rings. The molecule has 0 aliphatic carbocycles. The van der Waals surface area contributed by atoms with Gasteiger partial charge >= 0.3 is 6.18 Å². The third kappa shape index (κ3) is 4.08. The number of hydrogen-bond acceptors (Lipinski definition) is 6. The monoisotopic (exact) mass is 367 g/mol. The Labute approximate surface area is 144 Å². The average Bonchev–Trinajstić information content (AvgIpc) is 3.01. The van der Waals surface area contributed by atoms with Crippen molar-refractivity contribution < 1.29 is 18.0 Å². The third-order valence-electron chi connectivity index (χ3n) is 3.34. The Morgan fingerprint density at radius 2 is 1.92 bits per heavy atom. The maximum atomic E-state index is 12.8. The first-order chi connectivity index (χ1) is 11.8. The number of carbonyl (C=O) groups is 1. The van der Waals surface area contributed by atoms with E-state index in [0.717, 1.165) is 17.8 Å². The van der Waals surface area contributed by atoms with Crippen molar-refractivity contribution in [2.45, 2.75) is 19.5 Å². The number of amides is 1. The summed E-state index contributed by atoms with van der Waals surface area (Å²) in [6, 6.07) is 5.80. The summed E-state index contributed by atoms with van der Waals surface area (Å²) < 4.78 is 46.4. The molecule has 0 aliphatic rings. The Morgan fingerprint density at radius 1 is 1.16 bits per heavy atom. The molecule has 0 radical (unpaired) electrons. The van der Waals surface area contributed by atoms with Crippen LogP contribution in [0.4, 0.5) is 13.2 Å². The number of benzene rings is 1. The minimum atomic E-state index is -4.53. The maximum absolute atomic E-state index is 12.8. The molecule has 3 aromatic rings. The fourth-order valence-corrected chi connectivity index (χ4v) is 2.72. The van der Waals surface area contributed by atoms with Crippen molar-refractivity contribution in [3.8, 4) is 0 Å². The molecule has 0 bridgehead atoms. The highest BCUT2D eigenvalue weighted by Gasteiger charge is 2.33. The van der Waals surface area contributed by atoms with E-state index in [1.54, 1.807) is 18.2 Å². The van der Waals surface area contributed by atoms with Crippen molar-refractivity contribution in [3.63, 3.8) is 0 Å². The van der Waals surface area contributed by atoms with Crippen LogP contribution >= 0.6 is 11.7 Å². The second-order valence-electron chi connectivity index (χ2n) is 5.28. The molecule has 130 valence electrons. The molecule has 10 heteroatoms. The number of rotatable bonds is 4. The fraction of sp³-hybridized carbons (Fsp3) is 0.267. The second-order valence-corrected chi connectivity index (χ2v) is 5.81. The summed E-state index contributed by atoms with van der Waals surface area (Å²) in [5.74, 6) is -0.314. The number of nitrogens with one attached hydrogen (secondary N) is 1. The lowest BCUT2D eigenvalue weighted by atomic mass is 10.2. The number of fused-ring (bicyclic) bond motifs is 1. The summed E-state index contributed by atoms with van der Waals surface area (Å²) in [5, 5.41) is 2.64. The van der Waals surface area contributed by atoms with Crippen LogP contribution in [0.25, 0.3) is 11.0 Å². The van der Waals surface area contributed by atoms with Gasteiger partial charge in [0.15, 0.2) is 0 Å². The topological polar surface area (TPSA) is 80.7 Å². The van der Waals surface area contributed by atoms with Gasteiger partial charge in [-0.2, -0.15) is 21.9 Å². The van der Waals surface area contributed by atoms with E-state index in [4.69, 9.17) is 0 Å². The highest BCUT2D eigenvalue weighted by molar-refractivity contribution is 7.00. The van der Waals surface area contributed by atoms with Gasteiger partial charge in [-0.15, -0.1) is 0 Å². The van der Waals surface area contributed by atoms with Crippen LogP contribution in [0.15, 0.2) is 24.3 Å². The van der Waals surface area contributed by atoms with Crippen LogP contribution in [0, 0.1) is 6.92 Å². The molecule has 0 atom stereocenters. The number of aromatic nitrogens is 4. The molecule has 2 aromatic heterocycles. The van der Waals surface area contributed by atoms with E-state index < -0.39 is 11.9 Å². The van der Waals surface area contributed by atoms with Crippen LogP contribution < -0.4 is 5.32 Å². The zero-order valence-electron chi connectivity index (χ0n) is 13.0. The Hall–Kier alpha value is -2.62. The molecule has 3 rings (SSSR count). The molecule has 0 aliphatic heterocycles. The highest BCUT2D eigenvalue weighted by Crippen LogP contribution is 2.27. The summed E-state index contributed by atoms with van der Waals surface area (Å²) >= 11 is 1.05. The lowest BCUT2D eigenvalue weighted by molar-refractivity contribution is -0.141. The van der Waals surface area contributed by atoms with Crippen LogP contribution in [0.2, 0.25) is 0 Å². The lowest BCUT2D eigenvalue weighted by Crippen LogP contribution is -2.26. The van der Waals surface area contributed by atoms with E-state index in [1.807, 2.05) is 0 Å².